The van der Waals surface area contributed by atoms with E-state index < -0.39 is 0 Å². The van der Waals surface area contributed by atoms with Crippen molar-refractivity contribution in [2.75, 3.05) is 0 Å². The summed E-state index contributed by atoms with van der Waals surface area (Å²) in [5.74, 6) is 0.482. The highest BCUT2D eigenvalue weighted by Gasteiger charge is 2.09. The summed E-state index contributed by atoms with van der Waals surface area (Å²) in [6.45, 7) is 0. The van der Waals surface area contributed by atoms with Gasteiger partial charge in [-0.3, -0.25) is 0 Å². The van der Waals surface area contributed by atoms with Crippen LogP contribution in [0.1, 0.15) is 0 Å². The molecule has 16 heavy (non-hydrogen) atoms. The number of benzene rings is 2. The fourth-order valence-electron chi connectivity index (χ4n) is 1.29. The monoisotopic (exact) mass is 250 g/mol. The minimum absolute atomic E-state index is 0.0935. The topological polar surface area (TPSA) is 29.5 Å². The van der Waals surface area contributed by atoms with Crippen LogP contribution in [0, 0.1) is 0 Å². The van der Waals surface area contributed by atoms with Crippen LogP contribution in [0.3, 0.4) is 0 Å². The van der Waals surface area contributed by atoms with Gasteiger partial charge < -0.3 is 9.29 Å². The first-order chi connectivity index (χ1) is 7.81. The number of thiol groups is 1. The van der Waals surface area contributed by atoms with Crippen LogP contribution < -0.4 is 4.18 Å². The molecule has 0 aliphatic carbocycles. The van der Waals surface area contributed by atoms with Crippen LogP contribution in [0.5, 0.6) is 11.5 Å². The first-order valence-corrected chi connectivity index (χ1v) is 5.85. The van der Waals surface area contributed by atoms with Crippen molar-refractivity contribution in [1.82, 2.24) is 0 Å². The average Bonchev–Trinajstić information content (AvgIpc) is 2.31. The van der Waals surface area contributed by atoms with Gasteiger partial charge in [-0.25, -0.2) is 0 Å². The van der Waals surface area contributed by atoms with Crippen molar-refractivity contribution >= 4 is 24.7 Å². The summed E-state index contributed by atoms with van der Waals surface area (Å²) in [7, 11) is 0. The Kier molecular flexibility index (Phi) is 3.64. The van der Waals surface area contributed by atoms with Gasteiger partial charge in [-0.15, -0.1) is 0 Å². The van der Waals surface area contributed by atoms with Crippen LogP contribution >= 0.6 is 24.7 Å². The summed E-state index contributed by atoms with van der Waals surface area (Å²) in [5, 5.41) is 9.58. The number of hydrogen-bond acceptors (Lipinski definition) is 4. The van der Waals surface area contributed by atoms with Crippen LogP contribution in [0.25, 0.3) is 0 Å². The van der Waals surface area contributed by atoms with Crippen LogP contribution in [0.15, 0.2) is 58.3 Å². The predicted octanol–water partition coefficient (Wildman–Crippen LogP) is 3.77. The molecule has 0 saturated heterocycles. The Hall–Kier alpha value is -1.26. The maximum atomic E-state index is 9.58. The molecule has 0 bridgehead atoms. The Morgan fingerprint density at radius 1 is 1.00 bits per heavy atom. The Labute approximate surface area is 104 Å². The summed E-state index contributed by atoms with van der Waals surface area (Å²) < 4.78 is 4.87. The molecule has 0 unspecified atom stereocenters. The van der Waals surface area contributed by atoms with E-state index >= 15 is 0 Å². The van der Waals surface area contributed by atoms with Gasteiger partial charge >= 0.3 is 0 Å². The standard InChI is InChI=1S/C12H10O2S2/c13-10-7-4-8-11(12(10)14-15)16-9-5-2-1-3-6-9/h1-8,13,15H. The average molecular weight is 250 g/mol. The first kappa shape index (κ1) is 11.2. The van der Waals surface area contributed by atoms with E-state index in [0.29, 0.717) is 5.75 Å². The molecule has 0 aliphatic heterocycles. The lowest BCUT2D eigenvalue weighted by Gasteiger charge is -2.08. The molecule has 4 heteroatoms. The van der Waals surface area contributed by atoms with E-state index in [1.807, 2.05) is 36.4 Å². The van der Waals surface area contributed by atoms with Gasteiger partial charge in [0, 0.05) is 17.8 Å². The molecule has 1 N–H and O–H groups in total. The van der Waals surface area contributed by atoms with E-state index in [4.69, 9.17) is 4.18 Å². The molecular weight excluding hydrogens is 240 g/mol. The number of para-hydroxylation sites is 1. The molecule has 2 aromatic rings. The Balaban J connectivity index is 2.31. The van der Waals surface area contributed by atoms with E-state index in [2.05, 4.69) is 12.9 Å². The summed E-state index contributed by atoms with van der Waals surface area (Å²) in [6.07, 6.45) is 0. The van der Waals surface area contributed by atoms with Gasteiger partial charge in [0.05, 0.1) is 4.90 Å². The minimum atomic E-state index is 0.0935. The highest BCUT2D eigenvalue weighted by atomic mass is 32.2. The SMILES string of the molecule is Oc1cccc(Sc2ccccc2)c1OS. The molecule has 0 atom stereocenters. The zero-order valence-corrected chi connectivity index (χ0v) is 10.0. The van der Waals surface area contributed by atoms with Crippen molar-refractivity contribution in [1.29, 1.82) is 0 Å². The highest BCUT2D eigenvalue weighted by Crippen LogP contribution is 2.40. The zero-order chi connectivity index (χ0) is 11.4. The third kappa shape index (κ3) is 2.46. The summed E-state index contributed by atoms with van der Waals surface area (Å²) >= 11 is 5.26. The molecule has 0 heterocycles. The first-order valence-electron chi connectivity index (χ1n) is 4.67. The number of rotatable bonds is 3. The van der Waals surface area contributed by atoms with E-state index in [0.717, 1.165) is 9.79 Å². The number of phenols is 1. The lowest BCUT2D eigenvalue weighted by molar-refractivity contribution is 0.447. The fourth-order valence-corrected chi connectivity index (χ4v) is 2.48. The van der Waals surface area contributed by atoms with E-state index in [1.54, 1.807) is 12.1 Å². The molecule has 82 valence electrons. The quantitative estimate of drug-likeness (QED) is 0.642. The third-order valence-corrected chi connectivity index (χ3v) is 3.25. The number of aromatic hydroxyl groups is 1. The molecule has 0 aromatic heterocycles. The van der Waals surface area contributed by atoms with Crippen molar-refractivity contribution in [3.05, 3.63) is 48.5 Å². The fraction of sp³-hybridized carbons (Fsp3) is 0. The van der Waals surface area contributed by atoms with Crippen molar-refractivity contribution < 1.29 is 9.29 Å². The van der Waals surface area contributed by atoms with Crippen LogP contribution in [-0.2, 0) is 0 Å². The molecular formula is C12H10O2S2. The highest BCUT2D eigenvalue weighted by molar-refractivity contribution is 7.99. The number of phenolic OH excluding ortho intramolecular Hbond substituents is 1. The summed E-state index contributed by atoms with van der Waals surface area (Å²) in [6, 6.07) is 15.1. The van der Waals surface area contributed by atoms with Crippen molar-refractivity contribution in [2.24, 2.45) is 0 Å². The van der Waals surface area contributed by atoms with E-state index in [1.165, 1.54) is 11.8 Å². The molecule has 0 radical (unpaired) electrons. The molecule has 0 amide bonds. The van der Waals surface area contributed by atoms with Crippen molar-refractivity contribution in [3.8, 4) is 11.5 Å². The second-order valence-electron chi connectivity index (χ2n) is 3.11. The van der Waals surface area contributed by atoms with Gasteiger partial charge in [0.15, 0.2) is 11.5 Å². The Bertz CT molecular complexity index is 472. The van der Waals surface area contributed by atoms with Crippen LogP contribution in [0.2, 0.25) is 0 Å². The second kappa shape index (κ2) is 5.18. The van der Waals surface area contributed by atoms with Gasteiger partial charge in [0.1, 0.15) is 0 Å². The van der Waals surface area contributed by atoms with Crippen LogP contribution in [-0.4, -0.2) is 5.11 Å². The van der Waals surface area contributed by atoms with Gasteiger partial charge in [-0.2, -0.15) is 0 Å². The normalized spacial score (nSPS) is 10.1. The Morgan fingerprint density at radius 2 is 1.75 bits per heavy atom. The van der Waals surface area contributed by atoms with Gasteiger partial charge in [-0.05, 0) is 24.3 Å². The second-order valence-corrected chi connectivity index (χ2v) is 4.41. The van der Waals surface area contributed by atoms with E-state index in [9.17, 15) is 5.11 Å². The molecule has 2 rings (SSSR count). The van der Waals surface area contributed by atoms with E-state index in [-0.39, 0.29) is 5.75 Å². The lowest BCUT2D eigenvalue weighted by atomic mass is 10.3. The maximum absolute atomic E-state index is 9.58. The lowest BCUT2D eigenvalue weighted by Crippen LogP contribution is -1.81. The van der Waals surface area contributed by atoms with Gasteiger partial charge in [-0.1, -0.05) is 36.0 Å². The molecule has 0 aliphatic rings. The van der Waals surface area contributed by atoms with Crippen LogP contribution in [0.4, 0.5) is 0 Å². The van der Waals surface area contributed by atoms with Gasteiger partial charge in [0.2, 0.25) is 0 Å². The van der Waals surface area contributed by atoms with Gasteiger partial charge in [0.25, 0.3) is 0 Å². The predicted molar refractivity (Wildman–Crippen MR) is 68.3 cm³/mol. The molecule has 2 aromatic carbocycles. The summed E-state index contributed by atoms with van der Waals surface area (Å²) in [5.41, 5.74) is 0. The zero-order valence-electron chi connectivity index (χ0n) is 8.33. The molecule has 2 nitrogen and oxygen atoms in total. The molecule has 0 spiro atoms. The maximum Gasteiger partial charge on any atom is 0.192 e. The minimum Gasteiger partial charge on any atom is -0.504 e. The third-order valence-electron chi connectivity index (χ3n) is 2.02. The van der Waals surface area contributed by atoms with Crippen molar-refractivity contribution in [3.63, 3.8) is 0 Å². The van der Waals surface area contributed by atoms with Crippen molar-refractivity contribution in [2.45, 2.75) is 9.79 Å². The smallest absolute Gasteiger partial charge is 0.192 e. The molecule has 0 fully saturated rings. The summed E-state index contributed by atoms with van der Waals surface area (Å²) in [4.78, 5) is 1.92. The number of hydrogen-bond donors (Lipinski definition) is 2. The molecule has 0 saturated carbocycles. The largest absolute Gasteiger partial charge is 0.504 e. The Morgan fingerprint density at radius 3 is 2.44 bits per heavy atom.